The number of carboxylic acids is 1. The van der Waals surface area contributed by atoms with Gasteiger partial charge in [-0.1, -0.05) is 0 Å². The molecular formula is C11H14N4O5. The van der Waals surface area contributed by atoms with Crippen LogP contribution < -0.4 is 10.6 Å². The van der Waals surface area contributed by atoms with Crippen LogP contribution in [0.15, 0.2) is 18.5 Å². The lowest BCUT2D eigenvalue weighted by Crippen LogP contribution is -2.43. The number of urea groups is 1. The molecule has 0 aliphatic carbocycles. The van der Waals surface area contributed by atoms with Crippen LogP contribution in [0.25, 0.3) is 0 Å². The maximum atomic E-state index is 11.6. The highest BCUT2D eigenvalue weighted by molar-refractivity contribution is 5.90. The molecule has 0 saturated carbocycles. The number of carbonyl (C=O) groups is 3. The first-order valence-electron chi connectivity index (χ1n) is 5.67. The van der Waals surface area contributed by atoms with Crippen molar-refractivity contribution in [3.05, 3.63) is 18.5 Å². The van der Waals surface area contributed by atoms with Crippen LogP contribution in [-0.2, 0) is 14.3 Å². The van der Waals surface area contributed by atoms with E-state index in [2.05, 4.69) is 25.3 Å². The summed E-state index contributed by atoms with van der Waals surface area (Å²) in [4.78, 5) is 41.0. The van der Waals surface area contributed by atoms with Crippen molar-refractivity contribution in [2.75, 3.05) is 12.4 Å². The monoisotopic (exact) mass is 282 g/mol. The predicted octanol–water partition coefficient (Wildman–Crippen LogP) is 0.00450. The van der Waals surface area contributed by atoms with Crippen LogP contribution in [-0.4, -0.2) is 46.2 Å². The zero-order chi connectivity index (χ0) is 15.0. The molecule has 1 rings (SSSR count). The van der Waals surface area contributed by atoms with Crippen molar-refractivity contribution in [3.8, 4) is 0 Å². The minimum atomic E-state index is -1.25. The van der Waals surface area contributed by atoms with Crippen LogP contribution in [0.1, 0.15) is 12.8 Å². The number of amides is 2. The van der Waals surface area contributed by atoms with E-state index in [-0.39, 0.29) is 18.8 Å². The Morgan fingerprint density at radius 3 is 2.55 bits per heavy atom. The van der Waals surface area contributed by atoms with E-state index in [1.165, 1.54) is 19.5 Å². The lowest BCUT2D eigenvalue weighted by atomic mass is 10.1. The Balaban J connectivity index is 2.50. The maximum absolute atomic E-state index is 11.6. The maximum Gasteiger partial charge on any atom is 0.326 e. The molecule has 0 unspecified atom stereocenters. The van der Waals surface area contributed by atoms with Crippen molar-refractivity contribution in [3.63, 3.8) is 0 Å². The summed E-state index contributed by atoms with van der Waals surface area (Å²) in [7, 11) is 1.20. The van der Waals surface area contributed by atoms with Crippen LogP contribution in [0, 0.1) is 0 Å². The van der Waals surface area contributed by atoms with Gasteiger partial charge in [0.15, 0.2) is 0 Å². The van der Waals surface area contributed by atoms with Crippen LogP contribution in [0.5, 0.6) is 0 Å². The second-order valence-corrected chi connectivity index (χ2v) is 3.68. The van der Waals surface area contributed by atoms with Crippen molar-refractivity contribution in [2.45, 2.75) is 18.9 Å². The second-order valence-electron chi connectivity index (χ2n) is 3.68. The number of aromatic nitrogens is 2. The molecule has 0 aliphatic rings. The zero-order valence-electron chi connectivity index (χ0n) is 10.7. The number of carboxylic acid groups (broad SMARTS) is 1. The number of anilines is 1. The molecule has 20 heavy (non-hydrogen) atoms. The van der Waals surface area contributed by atoms with E-state index in [0.717, 1.165) is 0 Å². The van der Waals surface area contributed by atoms with Gasteiger partial charge >= 0.3 is 18.0 Å². The minimum absolute atomic E-state index is 0.0436. The highest BCUT2D eigenvalue weighted by Crippen LogP contribution is 2.01. The molecule has 1 aromatic rings. The van der Waals surface area contributed by atoms with Gasteiger partial charge in [0, 0.05) is 18.8 Å². The van der Waals surface area contributed by atoms with Gasteiger partial charge in [-0.05, 0) is 12.5 Å². The van der Waals surface area contributed by atoms with Crippen molar-refractivity contribution in [1.29, 1.82) is 0 Å². The molecule has 9 heteroatoms. The predicted molar refractivity (Wildman–Crippen MR) is 66.9 cm³/mol. The fourth-order valence-corrected chi connectivity index (χ4v) is 1.28. The highest BCUT2D eigenvalue weighted by Gasteiger charge is 2.21. The lowest BCUT2D eigenvalue weighted by Gasteiger charge is -2.13. The number of methoxy groups -OCH3 is 1. The molecule has 0 saturated heterocycles. The summed E-state index contributed by atoms with van der Waals surface area (Å²) in [6.45, 7) is 0. The van der Waals surface area contributed by atoms with E-state index in [1.807, 2.05) is 0 Å². The number of nitrogens with zero attached hydrogens (tertiary/aromatic N) is 2. The van der Waals surface area contributed by atoms with Gasteiger partial charge in [-0.2, -0.15) is 0 Å². The van der Waals surface area contributed by atoms with Crippen molar-refractivity contribution < 1.29 is 24.2 Å². The van der Waals surface area contributed by atoms with E-state index in [1.54, 1.807) is 6.07 Å². The number of carbonyl (C=O) groups excluding carboxylic acids is 2. The summed E-state index contributed by atoms with van der Waals surface area (Å²) in [6.07, 6.45) is 2.66. The molecular weight excluding hydrogens is 268 g/mol. The van der Waals surface area contributed by atoms with Crippen molar-refractivity contribution in [2.24, 2.45) is 0 Å². The molecule has 108 valence electrons. The quantitative estimate of drug-likeness (QED) is 0.626. The normalized spacial score (nSPS) is 11.2. The first kappa shape index (κ1) is 15.3. The molecule has 9 nitrogen and oxygen atoms in total. The Labute approximate surface area is 114 Å². The summed E-state index contributed by atoms with van der Waals surface area (Å²) in [5.74, 6) is -1.76. The molecule has 0 bridgehead atoms. The number of esters is 1. The summed E-state index contributed by atoms with van der Waals surface area (Å²) in [5, 5.41) is 13.4. The van der Waals surface area contributed by atoms with Crippen molar-refractivity contribution in [1.82, 2.24) is 15.3 Å². The third-order valence-electron chi connectivity index (χ3n) is 2.26. The van der Waals surface area contributed by atoms with E-state index in [4.69, 9.17) is 5.11 Å². The van der Waals surface area contributed by atoms with Crippen LogP contribution in [0.2, 0.25) is 0 Å². The highest BCUT2D eigenvalue weighted by atomic mass is 16.5. The van der Waals surface area contributed by atoms with Gasteiger partial charge in [-0.25, -0.2) is 19.6 Å². The SMILES string of the molecule is COC(=O)CC[C@@H](NC(=O)Nc1ncccn1)C(=O)O. The molecule has 0 fully saturated rings. The van der Waals surface area contributed by atoms with Crippen LogP contribution >= 0.6 is 0 Å². The number of aliphatic carboxylic acids is 1. The number of rotatable bonds is 6. The average molecular weight is 282 g/mol. The topological polar surface area (TPSA) is 131 Å². The molecule has 1 aromatic heterocycles. The van der Waals surface area contributed by atoms with Gasteiger partial charge < -0.3 is 15.2 Å². The van der Waals surface area contributed by atoms with Crippen LogP contribution in [0.4, 0.5) is 10.7 Å². The minimum Gasteiger partial charge on any atom is -0.480 e. The summed E-state index contributed by atoms with van der Waals surface area (Å²) < 4.78 is 4.40. The summed E-state index contributed by atoms with van der Waals surface area (Å²) >= 11 is 0. The van der Waals surface area contributed by atoms with E-state index < -0.39 is 24.0 Å². The number of hydrogen-bond acceptors (Lipinski definition) is 6. The molecule has 1 atom stereocenters. The lowest BCUT2D eigenvalue weighted by molar-refractivity contribution is -0.142. The fraction of sp³-hybridized carbons (Fsp3) is 0.364. The fourth-order valence-electron chi connectivity index (χ4n) is 1.28. The van der Waals surface area contributed by atoms with Crippen LogP contribution in [0.3, 0.4) is 0 Å². The summed E-state index contributed by atoms with van der Waals surface area (Å²) in [6, 6.07) is -0.411. The summed E-state index contributed by atoms with van der Waals surface area (Å²) in [5.41, 5.74) is 0. The smallest absolute Gasteiger partial charge is 0.326 e. The number of nitrogens with one attached hydrogen (secondary N) is 2. The number of ether oxygens (including phenoxy) is 1. The first-order chi connectivity index (χ1) is 9.52. The molecule has 0 spiro atoms. The first-order valence-corrected chi connectivity index (χ1v) is 5.67. The molecule has 3 N–H and O–H groups in total. The molecule has 0 radical (unpaired) electrons. The second kappa shape index (κ2) is 7.67. The van der Waals surface area contributed by atoms with Crippen molar-refractivity contribution >= 4 is 23.9 Å². The molecule has 0 aliphatic heterocycles. The van der Waals surface area contributed by atoms with E-state index in [9.17, 15) is 14.4 Å². The van der Waals surface area contributed by atoms with E-state index in [0.29, 0.717) is 0 Å². The molecule has 2 amide bonds. The Morgan fingerprint density at radius 1 is 1.35 bits per heavy atom. The average Bonchev–Trinajstić information content (AvgIpc) is 2.43. The largest absolute Gasteiger partial charge is 0.480 e. The standard InChI is InChI=1S/C11H14N4O5/c1-20-8(16)4-3-7(9(17)18)14-11(19)15-10-12-5-2-6-13-10/h2,5-7H,3-4H2,1H3,(H,17,18)(H2,12,13,14,15,19)/t7-/m1/s1. The third kappa shape index (κ3) is 5.29. The Hall–Kier alpha value is -2.71. The van der Waals surface area contributed by atoms with E-state index >= 15 is 0 Å². The molecule has 1 heterocycles. The zero-order valence-corrected chi connectivity index (χ0v) is 10.7. The van der Waals surface area contributed by atoms with Gasteiger partial charge in [0.1, 0.15) is 6.04 Å². The van der Waals surface area contributed by atoms with Gasteiger partial charge in [-0.15, -0.1) is 0 Å². The van der Waals surface area contributed by atoms with Gasteiger partial charge in [0.2, 0.25) is 5.95 Å². The van der Waals surface area contributed by atoms with Gasteiger partial charge in [0.05, 0.1) is 7.11 Å². The Kier molecular flexibility index (Phi) is 5.88. The van der Waals surface area contributed by atoms with Gasteiger partial charge in [0.25, 0.3) is 0 Å². The Morgan fingerprint density at radius 2 is 2.00 bits per heavy atom. The van der Waals surface area contributed by atoms with Gasteiger partial charge in [-0.3, -0.25) is 10.1 Å². The Bertz CT molecular complexity index is 479. The number of hydrogen-bond donors (Lipinski definition) is 3. The molecule has 0 aromatic carbocycles. The third-order valence-corrected chi connectivity index (χ3v) is 2.26.